The molecule has 7 heteroatoms. The van der Waals surface area contributed by atoms with Crippen molar-refractivity contribution in [2.75, 3.05) is 32.7 Å². The summed E-state index contributed by atoms with van der Waals surface area (Å²) in [4.78, 5) is 34.7. The van der Waals surface area contributed by atoms with Crippen molar-refractivity contribution in [3.8, 4) is 0 Å². The van der Waals surface area contributed by atoms with Crippen LogP contribution in [-0.4, -0.2) is 65.4 Å². The minimum absolute atomic E-state index is 0.103. The minimum atomic E-state index is -0.106. The van der Waals surface area contributed by atoms with Gasteiger partial charge in [0.15, 0.2) is 0 Å². The number of likely N-dealkylation sites (tertiary alicyclic amines) is 1. The van der Waals surface area contributed by atoms with Gasteiger partial charge in [-0.1, -0.05) is 0 Å². The highest BCUT2D eigenvalue weighted by atomic mass is 32.1. The second-order valence-corrected chi connectivity index (χ2v) is 9.12. The Morgan fingerprint density at radius 1 is 1.15 bits per heavy atom. The van der Waals surface area contributed by atoms with Crippen LogP contribution in [0.5, 0.6) is 0 Å². The minimum Gasteiger partial charge on any atom is -0.347 e. The molecule has 3 saturated heterocycles. The van der Waals surface area contributed by atoms with Gasteiger partial charge in [0, 0.05) is 48.5 Å². The van der Waals surface area contributed by atoms with Gasteiger partial charge in [0.2, 0.25) is 0 Å². The molecule has 27 heavy (non-hydrogen) atoms. The Balaban J connectivity index is 1.31. The molecule has 1 unspecified atom stereocenters. The van der Waals surface area contributed by atoms with Crippen molar-refractivity contribution < 1.29 is 9.59 Å². The fraction of sp³-hybridized carbons (Fsp3) is 0.550. The molecule has 1 N–H and O–H groups in total. The van der Waals surface area contributed by atoms with Gasteiger partial charge in [-0.05, 0) is 50.3 Å². The number of piperidine rings is 1. The Morgan fingerprint density at radius 2 is 2.00 bits per heavy atom. The standard InChI is InChI=1S/C20H24N4O2S/c25-19(22-15-7-13-3-6-23(11-13)12-15)16-9-17-14(10-21-16)8-18(27-17)20(26)24-4-1-2-5-24/h8-10,13,15H,1-7,11-12H2,(H,22,25)/t13-,15-/m1/s1. The predicted octanol–water partition coefficient (Wildman–Crippen LogP) is 2.36. The number of amides is 2. The molecule has 6 nitrogen and oxygen atoms in total. The number of thiophene rings is 1. The van der Waals surface area contributed by atoms with Crippen molar-refractivity contribution in [1.29, 1.82) is 0 Å². The molecule has 5 rings (SSSR count). The Labute approximate surface area is 162 Å². The Morgan fingerprint density at radius 3 is 2.81 bits per heavy atom. The van der Waals surface area contributed by atoms with E-state index < -0.39 is 0 Å². The van der Waals surface area contributed by atoms with Crippen molar-refractivity contribution in [1.82, 2.24) is 20.1 Å². The first kappa shape index (κ1) is 17.1. The third kappa shape index (κ3) is 3.34. The van der Waals surface area contributed by atoms with Crippen LogP contribution in [0.15, 0.2) is 18.3 Å². The summed E-state index contributed by atoms with van der Waals surface area (Å²) in [5.41, 5.74) is 0.442. The number of nitrogens with one attached hydrogen (secondary N) is 1. The number of aromatic nitrogens is 1. The maximum atomic E-state index is 12.7. The van der Waals surface area contributed by atoms with Gasteiger partial charge in [0.05, 0.1) is 4.88 Å². The molecule has 0 aromatic carbocycles. The summed E-state index contributed by atoms with van der Waals surface area (Å²) in [5.74, 6) is 0.715. The average molecular weight is 385 g/mol. The van der Waals surface area contributed by atoms with Gasteiger partial charge in [-0.3, -0.25) is 14.6 Å². The zero-order valence-corrected chi connectivity index (χ0v) is 16.1. The third-order valence-corrected chi connectivity index (χ3v) is 7.13. The van der Waals surface area contributed by atoms with Gasteiger partial charge < -0.3 is 15.1 Å². The van der Waals surface area contributed by atoms with E-state index in [1.165, 1.54) is 24.3 Å². The summed E-state index contributed by atoms with van der Waals surface area (Å²) in [7, 11) is 0. The highest BCUT2D eigenvalue weighted by molar-refractivity contribution is 7.20. The van der Waals surface area contributed by atoms with Crippen LogP contribution in [-0.2, 0) is 0 Å². The summed E-state index contributed by atoms with van der Waals surface area (Å²) in [5, 5.41) is 4.09. The summed E-state index contributed by atoms with van der Waals surface area (Å²) >= 11 is 1.46. The maximum absolute atomic E-state index is 12.7. The van der Waals surface area contributed by atoms with Crippen molar-refractivity contribution in [3.05, 3.63) is 28.9 Å². The number of carbonyl (C=O) groups excluding carboxylic acids is 2. The summed E-state index contributed by atoms with van der Waals surface area (Å²) in [6, 6.07) is 3.95. The lowest BCUT2D eigenvalue weighted by Gasteiger charge is -2.30. The molecular weight excluding hydrogens is 360 g/mol. The number of rotatable bonds is 3. The highest BCUT2D eigenvalue weighted by Crippen LogP contribution is 2.29. The third-order valence-electron chi connectivity index (χ3n) is 6.04. The monoisotopic (exact) mass is 384 g/mol. The zero-order chi connectivity index (χ0) is 18.4. The van der Waals surface area contributed by atoms with Gasteiger partial charge in [0.1, 0.15) is 5.69 Å². The molecular formula is C20H24N4O2S. The van der Waals surface area contributed by atoms with Crippen LogP contribution in [0.3, 0.4) is 0 Å². The van der Waals surface area contributed by atoms with E-state index >= 15 is 0 Å². The quantitative estimate of drug-likeness (QED) is 0.882. The zero-order valence-electron chi connectivity index (χ0n) is 15.3. The first-order chi connectivity index (χ1) is 13.2. The highest BCUT2D eigenvalue weighted by Gasteiger charge is 2.33. The average Bonchev–Trinajstić information content (AvgIpc) is 3.40. The summed E-state index contributed by atoms with van der Waals surface area (Å²) < 4.78 is 0.949. The van der Waals surface area contributed by atoms with E-state index in [9.17, 15) is 9.59 Å². The molecule has 142 valence electrons. The van der Waals surface area contributed by atoms with Gasteiger partial charge in [-0.25, -0.2) is 0 Å². The van der Waals surface area contributed by atoms with Crippen LogP contribution in [0.4, 0.5) is 0 Å². The van der Waals surface area contributed by atoms with E-state index in [1.807, 2.05) is 17.0 Å². The van der Waals surface area contributed by atoms with Crippen LogP contribution in [0.1, 0.15) is 45.8 Å². The second kappa shape index (κ2) is 6.87. The lowest BCUT2D eigenvalue weighted by Crippen LogP contribution is -2.47. The van der Waals surface area contributed by atoms with Crippen molar-refractivity contribution >= 4 is 33.2 Å². The Hall–Kier alpha value is -1.99. The molecule has 3 aliphatic rings. The molecule has 0 aliphatic carbocycles. The van der Waals surface area contributed by atoms with Crippen LogP contribution >= 0.6 is 11.3 Å². The largest absolute Gasteiger partial charge is 0.347 e. The Kier molecular flexibility index (Phi) is 4.36. The van der Waals surface area contributed by atoms with Crippen LogP contribution in [0.2, 0.25) is 0 Å². The second-order valence-electron chi connectivity index (χ2n) is 8.04. The number of hydrogen-bond acceptors (Lipinski definition) is 5. The molecule has 0 saturated carbocycles. The predicted molar refractivity (Wildman–Crippen MR) is 105 cm³/mol. The molecule has 2 amide bonds. The number of fused-ring (bicyclic) bond motifs is 3. The normalized spacial score (nSPS) is 27.3. The van der Waals surface area contributed by atoms with Gasteiger partial charge in [0.25, 0.3) is 11.8 Å². The fourth-order valence-corrected chi connectivity index (χ4v) is 5.70. The lowest BCUT2D eigenvalue weighted by molar-refractivity contribution is 0.0797. The van der Waals surface area contributed by atoms with Gasteiger partial charge in [-0.15, -0.1) is 11.3 Å². The molecule has 3 atom stereocenters. The number of nitrogens with zero attached hydrogens (tertiary/aromatic N) is 3. The van der Waals surface area contributed by atoms with E-state index in [4.69, 9.17) is 0 Å². The molecule has 0 radical (unpaired) electrons. The fourth-order valence-electron chi connectivity index (χ4n) is 4.66. The topological polar surface area (TPSA) is 65.5 Å². The Bertz CT molecular complexity index is 877. The SMILES string of the molecule is O=C(N[C@@H]1C[C@H]2CCN(C2)C1)c1cc2sc(C(=O)N3CCCC3)cc2cn1. The lowest BCUT2D eigenvalue weighted by atomic mass is 9.97. The molecule has 0 spiro atoms. The van der Waals surface area contributed by atoms with E-state index in [2.05, 4.69) is 15.2 Å². The van der Waals surface area contributed by atoms with E-state index in [0.717, 1.165) is 66.3 Å². The molecule has 2 aromatic rings. The first-order valence-electron chi connectivity index (χ1n) is 9.88. The molecule has 3 aliphatic heterocycles. The van der Waals surface area contributed by atoms with Crippen molar-refractivity contribution in [3.63, 3.8) is 0 Å². The van der Waals surface area contributed by atoms with Crippen molar-refractivity contribution in [2.24, 2.45) is 5.92 Å². The van der Waals surface area contributed by atoms with Gasteiger partial charge in [-0.2, -0.15) is 0 Å². The van der Waals surface area contributed by atoms with Crippen LogP contribution in [0, 0.1) is 5.92 Å². The van der Waals surface area contributed by atoms with E-state index in [1.54, 1.807) is 6.20 Å². The maximum Gasteiger partial charge on any atom is 0.270 e. The molecule has 2 aromatic heterocycles. The number of pyridine rings is 1. The first-order valence-corrected chi connectivity index (χ1v) is 10.7. The molecule has 2 bridgehead atoms. The molecule has 3 fully saturated rings. The van der Waals surface area contributed by atoms with Gasteiger partial charge >= 0.3 is 0 Å². The van der Waals surface area contributed by atoms with E-state index in [-0.39, 0.29) is 17.9 Å². The smallest absolute Gasteiger partial charge is 0.270 e. The summed E-state index contributed by atoms with van der Waals surface area (Å²) in [6.07, 6.45) is 6.21. The van der Waals surface area contributed by atoms with Crippen LogP contribution < -0.4 is 5.32 Å². The number of hydrogen-bond donors (Lipinski definition) is 1. The van der Waals surface area contributed by atoms with Crippen LogP contribution in [0.25, 0.3) is 10.1 Å². The molecule has 5 heterocycles. The van der Waals surface area contributed by atoms with E-state index in [0.29, 0.717) is 5.69 Å². The summed E-state index contributed by atoms with van der Waals surface area (Å²) in [6.45, 7) is 4.97. The number of carbonyl (C=O) groups is 2. The van der Waals surface area contributed by atoms with Crippen molar-refractivity contribution in [2.45, 2.75) is 31.7 Å².